The zero-order valence-corrected chi connectivity index (χ0v) is 16.5. The maximum Gasteiger partial charge on any atom is 0.185 e. The van der Waals surface area contributed by atoms with Gasteiger partial charge in [0.2, 0.25) is 0 Å². The van der Waals surface area contributed by atoms with Crippen molar-refractivity contribution >= 4 is 0 Å². The molecular weight excluding hydrogens is 280 g/mol. The Morgan fingerprint density at radius 1 is 0.870 bits per heavy atom. The molecule has 0 heterocycles. The second-order valence-corrected chi connectivity index (χ2v) is 8.32. The van der Waals surface area contributed by atoms with Gasteiger partial charge in [-0.3, -0.25) is 5.11 Å². The van der Waals surface area contributed by atoms with Crippen LogP contribution in [0.3, 0.4) is 0 Å². The van der Waals surface area contributed by atoms with Crippen molar-refractivity contribution in [3.05, 3.63) is 28.8 Å². The van der Waals surface area contributed by atoms with Crippen LogP contribution in [0.25, 0.3) is 0 Å². The third-order valence-corrected chi connectivity index (χ3v) is 5.06. The molecule has 0 amide bonds. The van der Waals surface area contributed by atoms with E-state index in [0.717, 1.165) is 24.0 Å². The predicted molar refractivity (Wildman–Crippen MR) is 101 cm³/mol. The van der Waals surface area contributed by atoms with E-state index in [2.05, 4.69) is 60.6 Å². The van der Waals surface area contributed by atoms with Crippen molar-refractivity contribution in [2.75, 3.05) is 0 Å². The largest absolute Gasteiger partial charge is 0.289 e. The quantitative estimate of drug-likeness (QED) is 0.468. The highest BCUT2D eigenvalue weighted by atomic mass is 16.3. The van der Waals surface area contributed by atoms with Crippen LogP contribution in [0.15, 0.2) is 12.1 Å². The molecule has 1 radical (unpaired) electrons. The summed E-state index contributed by atoms with van der Waals surface area (Å²) in [4.78, 5) is 0. The molecule has 1 nitrogen and oxygen atoms in total. The monoisotopic (exact) mass is 317 g/mol. The molecule has 0 aliphatic heterocycles. The summed E-state index contributed by atoms with van der Waals surface area (Å²) in [5.74, 6) is 1.04. The molecule has 0 fully saturated rings. The van der Waals surface area contributed by atoms with Crippen LogP contribution in [0, 0.1) is 0 Å². The van der Waals surface area contributed by atoms with E-state index < -0.39 is 0 Å². The van der Waals surface area contributed by atoms with Crippen LogP contribution in [-0.4, -0.2) is 0 Å². The Morgan fingerprint density at radius 3 is 1.57 bits per heavy atom. The summed E-state index contributed by atoms with van der Waals surface area (Å²) in [5.41, 5.74) is 3.49. The van der Waals surface area contributed by atoms with Crippen LogP contribution < -0.4 is 0 Å². The lowest BCUT2D eigenvalue weighted by atomic mass is 9.80. The Balaban J connectivity index is 3.27. The van der Waals surface area contributed by atoms with Gasteiger partial charge in [-0.15, -0.1) is 0 Å². The molecule has 1 heteroatoms. The summed E-state index contributed by atoms with van der Waals surface area (Å²) in [7, 11) is 0. The molecule has 0 saturated heterocycles. The first-order valence-electron chi connectivity index (χ1n) is 9.57. The summed E-state index contributed by atoms with van der Waals surface area (Å²) in [5, 5.41) is 13.1. The van der Waals surface area contributed by atoms with Gasteiger partial charge in [0.25, 0.3) is 0 Å². The molecule has 0 saturated carbocycles. The van der Waals surface area contributed by atoms with Crippen molar-refractivity contribution in [3.63, 3.8) is 0 Å². The minimum atomic E-state index is 0.0894. The fourth-order valence-corrected chi connectivity index (χ4v) is 3.17. The Hall–Kier alpha value is -0.980. The summed E-state index contributed by atoms with van der Waals surface area (Å²) < 4.78 is 0. The van der Waals surface area contributed by atoms with Crippen LogP contribution in [0.5, 0.6) is 5.75 Å². The van der Waals surface area contributed by atoms with Crippen molar-refractivity contribution in [1.29, 1.82) is 0 Å². The predicted octanol–water partition coefficient (Wildman–Crippen LogP) is 7.72. The van der Waals surface area contributed by atoms with Gasteiger partial charge in [0.1, 0.15) is 0 Å². The smallest absolute Gasteiger partial charge is 0.185 e. The highest BCUT2D eigenvalue weighted by molar-refractivity contribution is 5.48. The Kier molecular flexibility index (Phi) is 7.64. The van der Waals surface area contributed by atoms with Gasteiger partial charge in [-0.1, -0.05) is 86.3 Å². The summed E-state index contributed by atoms with van der Waals surface area (Å²) in [6.45, 7) is 15.6. The van der Waals surface area contributed by atoms with Gasteiger partial charge >= 0.3 is 0 Å². The van der Waals surface area contributed by atoms with Crippen molar-refractivity contribution in [2.24, 2.45) is 0 Å². The first-order valence-corrected chi connectivity index (χ1v) is 9.57. The van der Waals surface area contributed by atoms with E-state index in [-0.39, 0.29) is 5.41 Å². The molecule has 2 unspecified atom stereocenters. The number of benzene rings is 1. The average Bonchev–Trinajstić information content (AvgIpc) is 2.49. The van der Waals surface area contributed by atoms with E-state index in [0.29, 0.717) is 17.6 Å². The molecule has 1 aromatic rings. The third kappa shape index (κ3) is 5.55. The number of rotatable bonds is 8. The summed E-state index contributed by atoms with van der Waals surface area (Å²) in [6, 6.07) is 4.39. The Bertz CT molecular complexity index is 446. The fourth-order valence-electron chi connectivity index (χ4n) is 3.17. The van der Waals surface area contributed by atoms with Crippen LogP contribution in [0.4, 0.5) is 0 Å². The molecule has 0 bridgehead atoms. The minimum absolute atomic E-state index is 0.0894. The summed E-state index contributed by atoms with van der Waals surface area (Å²) >= 11 is 0. The SMILES string of the molecule is CCCCC(C)c1cc(C(C)(C)C)cc(C(C)CCCC)c1[O]. The normalized spacial score (nSPS) is 14.7. The lowest BCUT2D eigenvalue weighted by Gasteiger charge is -2.25. The molecule has 0 spiro atoms. The molecule has 0 N–H and O–H groups in total. The van der Waals surface area contributed by atoms with Crippen LogP contribution in [0.1, 0.15) is 116 Å². The van der Waals surface area contributed by atoms with E-state index >= 15 is 0 Å². The second-order valence-electron chi connectivity index (χ2n) is 8.32. The Labute approximate surface area is 144 Å². The average molecular weight is 318 g/mol. The van der Waals surface area contributed by atoms with Gasteiger partial charge in [0.05, 0.1) is 0 Å². The first-order chi connectivity index (χ1) is 10.7. The van der Waals surface area contributed by atoms with Crippen molar-refractivity contribution < 1.29 is 5.11 Å². The third-order valence-electron chi connectivity index (χ3n) is 5.06. The number of hydrogen-bond acceptors (Lipinski definition) is 0. The maximum atomic E-state index is 13.1. The van der Waals surface area contributed by atoms with Gasteiger partial charge in [0.15, 0.2) is 5.75 Å². The van der Waals surface area contributed by atoms with E-state index in [1.54, 1.807) is 0 Å². The fraction of sp³-hybridized carbons (Fsp3) is 0.727. The minimum Gasteiger partial charge on any atom is -0.289 e. The zero-order valence-electron chi connectivity index (χ0n) is 16.5. The standard InChI is InChI=1S/C22H37O/c1-8-10-12-16(3)19-14-18(22(5,6)7)15-20(21(19)23)17(4)13-11-9-2/h14-17H,8-13H2,1-7H3. The molecule has 1 aromatic carbocycles. The summed E-state index contributed by atoms with van der Waals surface area (Å²) in [6.07, 6.45) is 7.00. The molecular formula is C22H37O. The Morgan fingerprint density at radius 2 is 1.26 bits per heavy atom. The molecule has 1 rings (SSSR count). The molecule has 131 valence electrons. The highest BCUT2D eigenvalue weighted by Gasteiger charge is 2.24. The van der Waals surface area contributed by atoms with Crippen molar-refractivity contribution in [2.45, 2.75) is 104 Å². The van der Waals surface area contributed by atoms with Gasteiger partial charge < -0.3 is 0 Å². The lowest BCUT2D eigenvalue weighted by Crippen LogP contribution is -2.13. The van der Waals surface area contributed by atoms with E-state index in [1.807, 2.05) is 0 Å². The lowest BCUT2D eigenvalue weighted by molar-refractivity contribution is 0.336. The van der Waals surface area contributed by atoms with E-state index in [9.17, 15) is 5.11 Å². The number of hydrogen-bond donors (Lipinski definition) is 0. The van der Waals surface area contributed by atoms with Crippen LogP contribution in [-0.2, 0) is 10.5 Å². The van der Waals surface area contributed by atoms with Gasteiger partial charge in [-0.05, 0) is 35.7 Å². The molecule has 0 aliphatic carbocycles. The molecule has 0 aromatic heterocycles. The van der Waals surface area contributed by atoms with E-state index in [4.69, 9.17) is 0 Å². The van der Waals surface area contributed by atoms with Gasteiger partial charge in [-0.2, -0.15) is 0 Å². The van der Waals surface area contributed by atoms with E-state index in [1.165, 1.54) is 31.2 Å². The molecule has 2 atom stereocenters. The van der Waals surface area contributed by atoms with Crippen LogP contribution >= 0.6 is 0 Å². The second kappa shape index (κ2) is 8.76. The maximum absolute atomic E-state index is 13.1. The van der Waals surface area contributed by atoms with Gasteiger partial charge in [-0.25, -0.2) is 0 Å². The molecule has 0 aliphatic rings. The van der Waals surface area contributed by atoms with Crippen molar-refractivity contribution in [1.82, 2.24) is 0 Å². The van der Waals surface area contributed by atoms with Crippen molar-refractivity contribution in [3.8, 4) is 5.75 Å². The van der Waals surface area contributed by atoms with Gasteiger partial charge in [0, 0.05) is 11.1 Å². The zero-order chi connectivity index (χ0) is 17.6. The highest BCUT2D eigenvalue weighted by Crippen LogP contribution is 2.41. The van der Waals surface area contributed by atoms with Crippen LogP contribution in [0.2, 0.25) is 0 Å². The topological polar surface area (TPSA) is 19.9 Å². The first kappa shape index (κ1) is 20.1. The number of unbranched alkanes of at least 4 members (excludes halogenated alkanes) is 2. The molecule has 23 heavy (non-hydrogen) atoms.